The van der Waals surface area contributed by atoms with Gasteiger partial charge < -0.3 is 9.32 Å². The standard InChI is InChI=1S/C58H37NO/c1-2-14-38(15-3-1)39-26-28-40(29-27-39)48-21-12-13-25-55(48)59(46-30-31-57-54(37-46)53-33-41-16-4-5-17-42(41)36-58(53)60-57)56-35-45(32-43-18-7-9-22-49(43)56)52-34-44-19-6-8-20-47(44)50-23-10-11-24-51(50)52/h1-37H. The molecule has 0 bridgehead atoms. The third-order valence-corrected chi connectivity index (χ3v) is 12.2. The molecule has 0 saturated heterocycles. The molecule has 0 saturated carbocycles. The highest BCUT2D eigenvalue weighted by Gasteiger charge is 2.22. The fourth-order valence-electron chi connectivity index (χ4n) is 9.31. The van der Waals surface area contributed by atoms with Gasteiger partial charge in [0.2, 0.25) is 0 Å². The molecule has 0 aliphatic rings. The second-order valence-corrected chi connectivity index (χ2v) is 15.7. The number of para-hydroxylation sites is 1. The number of anilines is 3. The molecule has 2 nitrogen and oxygen atoms in total. The molecule has 0 aliphatic carbocycles. The highest BCUT2D eigenvalue weighted by atomic mass is 16.3. The van der Waals surface area contributed by atoms with Crippen LogP contribution in [0.4, 0.5) is 17.1 Å². The summed E-state index contributed by atoms with van der Waals surface area (Å²) in [6.45, 7) is 0. The molecule has 0 aliphatic heterocycles. The molecule has 11 aromatic carbocycles. The zero-order valence-electron chi connectivity index (χ0n) is 32.7. The average molecular weight is 764 g/mol. The quantitative estimate of drug-likeness (QED) is 0.157. The molecule has 60 heavy (non-hydrogen) atoms. The summed E-state index contributed by atoms with van der Waals surface area (Å²) in [6.07, 6.45) is 0. The van der Waals surface area contributed by atoms with Gasteiger partial charge in [0.1, 0.15) is 11.2 Å². The van der Waals surface area contributed by atoms with Gasteiger partial charge in [0, 0.05) is 27.4 Å². The van der Waals surface area contributed by atoms with Crippen LogP contribution in [-0.4, -0.2) is 0 Å². The van der Waals surface area contributed by atoms with Gasteiger partial charge in [0.05, 0.1) is 11.4 Å². The van der Waals surface area contributed by atoms with Crippen LogP contribution in [0.25, 0.3) is 98.4 Å². The molecule has 2 heteroatoms. The largest absolute Gasteiger partial charge is 0.456 e. The summed E-state index contributed by atoms with van der Waals surface area (Å²) in [4.78, 5) is 2.47. The van der Waals surface area contributed by atoms with Gasteiger partial charge in [-0.15, -0.1) is 0 Å². The average Bonchev–Trinajstić information content (AvgIpc) is 3.67. The van der Waals surface area contributed by atoms with Crippen molar-refractivity contribution in [2.75, 3.05) is 4.90 Å². The minimum Gasteiger partial charge on any atom is -0.456 e. The number of benzene rings is 11. The van der Waals surface area contributed by atoms with Crippen molar-refractivity contribution in [2.24, 2.45) is 0 Å². The van der Waals surface area contributed by atoms with Gasteiger partial charge in [-0.2, -0.15) is 0 Å². The Morgan fingerprint density at radius 2 is 0.850 bits per heavy atom. The summed E-state index contributed by atoms with van der Waals surface area (Å²) in [5.74, 6) is 0. The number of nitrogens with zero attached hydrogens (tertiary/aromatic N) is 1. The molecule has 0 fully saturated rings. The summed E-state index contributed by atoms with van der Waals surface area (Å²) in [7, 11) is 0. The lowest BCUT2D eigenvalue weighted by Gasteiger charge is -2.30. The molecular weight excluding hydrogens is 727 g/mol. The minimum absolute atomic E-state index is 0.870. The van der Waals surface area contributed by atoms with E-state index in [-0.39, 0.29) is 0 Å². The van der Waals surface area contributed by atoms with E-state index in [4.69, 9.17) is 4.42 Å². The first kappa shape index (κ1) is 34.1. The molecule has 0 unspecified atom stereocenters. The Bertz CT molecular complexity index is 3600. The lowest BCUT2D eigenvalue weighted by Crippen LogP contribution is -2.12. The van der Waals surface area contributed by atoms with Gasteiger partial charge >= 0.3 is 0 Å². The van der Waals surface area contributed by atoms with E-state index in [1.165, 1.54) is 65.3 Å². The van der Waals surface area contributed by atoms with Gasteiger partial charge in [-0.3, -0.25) is 0 Å². The predicted octanol–water partition coefficient (Wildman–Crippen LogP) is 16.7. The Balaban J connectivity index is 1.13. The van der Waals surface area contributed by atoms with Crippen LogP contribution in [0.15, 0.2) is 229 Å². The molecule has 1 aromatic heterocycles. The highest BCUT2D eigenvalue weighted by molar-refractivity contribution is 6.16. The molecule has 280 valence electrons. The Labute approximate surface area is 347 Å². The van der Waals surface area contributed by atoms with E-state index in [2.05, 4.69) is 229 Å². The van der Waals surface area contributed by atoms with Crippen molar-refractivity contribution in [2.45, 2.75) is 0 Å². The smallest absolute Gasteiger partial charge is 0.136 e. The first-order chi connectivity index (χ1) is 29.7. The van der Waals surface area contributed by atoms with Crippen LogP contribution in [0.5, 0.6) is 0 Å². The van der Waals surface area contributed by atoms with Crippen molar-refractivity contribution in [3.8, 4) is 33.4 Å². The van der Waals surface area contributed by atoms with E-state index in [9.17, 15) is 0 Å². The van der Waals surface area contributed by atoms with E-state index < -0.39 is 0 Å². The van der Waals surface area contributed by atoms with Crippen molar-refractivity contribution in [3.05, 3.63) is 224 Å². The Hall–Kier alpha value is -7.94. The number of furan rings is 1. The van der Waals surface area contributed by atoms with Crippen LogP contribution in [0, 0.1) is 0 Å². The Kier molecular flexibility index (Phi) is 7.89. The number of hydrogen-bond donors (Lipinski definition) is 0. The molecular formula is C58H37NO. The van der Waals surface area contributed by atoms with E-state index in [1.54, 1.807) is 0 Å². The molecule has 0 spiro atoms. The van der Waals surface area contributed by atoms with Crippen molar-refractivity contribution in [3.63, 3.8) is 0 Å². The van der Waals surface area contributed by atoms with Crippen molar-refractivity contribution in [1.82, 2.24) is 0 Å². The molecule has 0 atom stereocenters. The maximum absolute atomic E-state index is 6.55. The molecule has 12 aromatic rings. The summed E-state index contributed by atoms with van der Waals surface area (Å²) in [5.41, 5.74) is 12.1. The summed E-state index contributed by atoms with van der Waals surface area (Å²) in [5, 5.41) is 11.9. The second-order valence-electron chi connectivity index (χ2n) is 15.7. The first-order valence-electron chi connectivity index (χ1n) is 20.6. The number of rotatable bonds is 6. The lowest BCUT2D eigenvalue weighted by molar-refractivity contribution is 0.669. The van der Waals surface area contributed by atoms with Gasteiger partial charge in [-0.05, 0) is 120 Å². The van der Waals surface area contributed by atoms with Crippen molar-refractivity contribution < 1.29 is 4.42 Å². The van der Waals surface area contributed by atoms with Gasteiger partial charge in [-0.1, -0.05) is 170 Å². The molecule has 1 heterocycles. The summed E-state index contributed by atoms with van der Waals surface area (Å²) in [6, 6.07) is 81.5. The van der Waals surface area contributed by atoms with Crippen LogP contribution in [0.2, 0.25) is 0 Å². The van der Waals surface area contributed by atoms with E-state index >= 15 is 0 Å². The van der Waals surface area contributed by atoms with Crippen LogP contribution in [0.3, 0.4) is 0 Å². The number of fused-ring (bicyclic) bond motifs is 8. The normalized spacial score (nSPS) is 11.7. The minimum atomic E-state index is 0.870. The lowest BCUT2D eigenvalue weighted by atomic mass is 9.91. The highest BCUT2D eigenvalue weighted by Crippen LogP contribution is 2.47. The van der Waals surface area contributed by atoms with E-state index in [0.29, 0.717) is 0 Å². The fourth-order valence-corrected chi connectivity index (χ4v) is 9.31. The maximum atomic E-state index is 6.55. The van der Waals surface area contributed by atoms with Gasteiger partial charge in [0.25, 0.3) is 0 Å². The molecule has 0 radical (unpaired) electrons. The number of hydrogen-bond acceptors (Lipinski definition) is 2. The van der Waals surface area contributed by atoms with Crippen molar-refractivity contribution >= 4 is 82.1 Å². The predicted molar refractivity (Wildman–Crippen MR) is 255 cm³/mol. The second kappa shape index (κ2) is 13.9. The fraction of sp³-hybridized carbons (Fsp3) is 0. The Morgan fingerprint density at radius 3 is 1.65 bits per heavy atom. The zero-order valence-corrected chi connectivity index (χ0v) is 32.7. The van der Waals surface area contributed by atoms with Crippen LogP contribution in [-0.2, 0) is 0 Å². The molecule has 0 amide bonds. The topological polar surface area (TPSA) is 16.4 Å². The maximum Gasteiger partial charge on any atom is 0.136 e. The SMILES string of the molecule is c1ccc(-c2ccc(-c3ccccc3N(c3ccc4oc5cc6ccccc6cc5c4c3)c3cc(-c4cc5ccccc5c5ccccc45)cc4ccccc34)cc2)cc1. The van der Waals surface area contributed by atoms with Gasteiger partial charge in [0.15, 0.2) is 0 Å². The first-order valence-corrected chi connectivity index (χ1v) is 20.6. The molecule has 0 N–H and O–H groups in total. The van der Waals surface area contributed by atoms with Crippen LogP contribution >= 0.6 is 0 Å². The van der Waals surface area contributed by atoms with Gasteiger partial charge in [-0.25, -0.2) is 0 Å². The summed E-state index contributed by atoms with van der Waals surface area (Å²) < 4.78 is 6.55. The third-order valence-electron chi connectivity index (χ3n) is 12.2. The van der Waals surface area contributed by atoms with E-state index in [0.717, 1.165) is 50.1 Å². The monoisotopic (exact) mass is 763 g/mol. The molecule has 12 rings (SSSR count). The van der Waals surface area contributed by atoms with Crippen LogP contribution in [0.1, 0.15) is 0 Å². The Morgan fingerprint density at radius 1 is 0.267 bits per heavy atom. The third kappa shape index (κ3) is 5.65. The summed E-state index contributed by atoms with van der Waals surface area (Å²) >= 11 is 0. The zero-order chi connectivity index (χ0) is 39.6. The van der Waals surface area contributed by atoms with Crippen LogP contribution < -0.4 is 4.90 Å². The van der Waals surface area contributed by atoms with E-state index in [1.807, 2.05) is 0 Å². The van der Waals surface area contributed by atoms with Crippen molar-refractivity contribution in [1.29, 1.82) is 0 Å².